The third kappa shape index (κ3) is 4.84. The van der Waals surface area contributed by atoms with Crippen LogP contribution in [0.4, 0.5) is 0 Å². The average molecular weight is 393 g/mol. The molecule has 3 aromatic rings. The van der Waals surface area contributed by atoms with Crippen molar-refractivity contribution >= 4 is 18.1 Å². The van der Waals surface area contributed by atoms with E-state index in [-0.39, 0.29) is 5.91 Å². The van der Waals surface area contributed by atoms with Gasteiger partial charge in [-0.3, -0.25) is 14.5 Å². The quantitative estimate of drug-likeness (QED) is 0.453. The van der Waals surface area contributed by atoms with Gasteiger partial charge in [0.1, 0.15) is 0 Å². The van der Waals surface area contributed by atoms with Crippen LogP contribution in [0.25, 0.3) is 11.4 Å². The topological polar surface area (TPSA) is 53.9 Å². The van der Waals surface area contributed by atoms with Crippen molar-refractivity contribution in [2.45, 2.75) is 26.4 Å². The fourth-order valence-electron chi connectivity index (χ4n) is 3.03. The summed E-state index contributed by atoms with van der Waals surface area (Å²) >= 11 is 5.38. The van der Waals surface area contributed by atoms with Crippen LogP contribution in [-0.2, 0) is 17.9 Å². The molecule has 28 heavy (non-hydrogen) atoms. The van der Waals surface area contributed by atoms with Crippen LogP contribution in [-0.4, -0.2) is 32.1 Å². The number of hydrogen-bond acceptors (Lipinski definition) is 3. The van der Waals surface area contributed by atoms with Gasteiger partial charge in [-0.15, -0.1) is 6.58 Å². The van der Waals surface area contributed by atoms with Crippen molar-refractivity contribution in [3.05, 3.63) is 83.2 Å². The minimum Gasteiger partial charge on any atom is -0.335 e. The van der Waals surface area contributed by atoms with Crippen LogP contribution in [0, 0.1) is 11.7 Å². The van der Waals surface area contributed by atoms with Crippen molar-refractivity contribution in [3.8, 4) is 11.4 Å². The van der Waals surface area contributed by atoms with Gasteiger partial charge in [0.2, 0.25) is 5.91 Å². The molecule has 1 aromatic heterocycles. The molecule has 1 amide bonds. The second kappa shape index (κ2) is 9.28. The normalized spacial score (nSPS) is 10.6. The maximum atomic E-state index is 12.8. The Bertz CT molecular complexity index is 989. The minimum absolute atomic E-state index is 0.0571. The number of amides is 1. The lowest BCUT2D eigenvalue weighted by Gasteiger charge is -2.21. The van der Waals surface area contributed by atoms with Crippen LogP contribution in [0.2, 0.25) is 0 Å². The largest absolute Gasteiger partial charge is 0.335 e. The van der Waals surface area contributed by atoms with E-state index < -0.39 is 0 Å². The van der Waals surface area contributed by atoms with Gasteiger partial charge >= 0.3 is 0 Å². The van der Waals surface area contributed by atoms with Crippen molar-refractivity contribution in [3.63, 3.8) is 0 Å². The number of nitrogens with zero attached hydrogens (tertiary/aromatic N) is 3. The average Bonchev–Trinajstić information content (AvgIpc) is 3.07. The van der Waals surface area contributed by atoms with Crippen molar-refractivity contribution < 1.29 is 4.79 Å². The molecule has 0 unspecified atom stereocenters. The summed E-state index contributed by atoms with van der Waals surface area (Å²) in [6.45, 7) is 7.36. The van der Waals surface area contributed by atoms with E-state index in [9.17, 15) is 4.79 Å². The maximum Gasteiger partial charge on any atom is 0.224 e. The molecule has 0 aliphatic rings. The summed E-state index contributed by atoms with van der Waals surface area (Å²) in [5.74, 6) is 0.804. The summed E-state index contributed by atoms with van der Waals surface area (Å²) in [5.41, 5.74) is 3.25. The highest BCUT2D eigenvalue weighted by atomic mass is 32.1. The molecule has 0 fully saturated rings. The van der Waals surface area contributed by atoms with Crippen molar-refractivity contribution in [1.29, 1.82) is 0 Å². The summed E-state index contributed by atoms with van der Waals surface area (Å²) in [7, 11) is 0. The Labute approximate surface area is 170 Å². The van der Waals surface area contributed by atoms with Crippen molar-refractivity contribution in [2.75, 3.05) is 6.54 Å². The second-order valence-electron chi connectivity index (χ2n) is 6.67. The zero-order chi connectivity index (χ0) is 19.9. The lowest BCUT2D eigenvalue weighted by Crippen LogP contribution is -2.31. The highest BCUT2D eigenvalue weighted by Gasteiger charge is 2.15. The molecule has 0 bridgehead atoms. The van der Waals surface area contributed by atoms with Gasteiger partial charge in [0.25, 0.3) is 0 Å². The number of aromatic nitrogens is 3. The lowest BCUT2D eigenvalue weighted by atomic mass is 10.1. The molecule has 0 aliphatic heterocycles. The van der Waals surface area contributed by atoms with Gasteiger partial charge in [0.15, 0.2) is 10.6 Å². The lowest BCUT2D eigenvalue weighted by molar-refractivity contribution is -0.131. The Balaban J connectivity index is 1.72. The van der Waals surface area contributed by atoms with E-state index in [4.69, 9.17) is 12.2 Å². The van der Waals surface area contributed by atoms with Gasteiger partial charge < -0.3 is 4.90 Å². The maximum absolute atomic E-state index is 12.8. The Kier molecular flexibility index (Phi) is 6.55. The first-order chi connectivity index (χ1) is 13.6. The molecule has 0 atom stereocenters. The molecule has 2 aromatic carbocycles. The number of aromatic amines is 1. The molecule has 1 heterocycles. The Morgan fingerprint density at radius 3 is 2.61 bits per heavy atom. The number of benzene rings is 2. The summed E-state index contributed by atoms with van der Waals surface area (Å²) < 4.78 is 2.40. The first-order valence-corrected chi connectivity index (χ1v) is 9.64. The predicted molar refractivity (Wildman–Crippen MR) is 114 cm³/mol. The summed E-state index contributed by atoms with van der Waals surface area (Å²) in [6, 6.07) is 18.1. The van der Waals surface area contributed by atoms with Crippen LogP contribution in [0.5, 0.6) is 0 Å². The second-order valence-corrected chi connectivity index (χ2v) is 7.06. The zero-order valence-corrected chi connectivity index (χ0v) is 16.8. The SMILES string of the molecule is C=CCN(Cc1ccccc1)C(=O)CCn1c(-c2ccc(C)cc2)n[nH]c1=S. The Hall–Kier alpha value is -2.99. The molecule has 0 aliphatic carbocycles. The standard InChI is InChI=1S/C22H24N4OS/c1-3-14-25(16-18-7-5-4-6-8-18)20(27)13-15-26-21(23-24-22(26)28)19-11-9-17(2)10-12-19/h3-12H,1,13-16H2,2H3,(H,24,28). The van der Waals surface area contributed by atoms with E-state index in [1.807, 2.05) is 66.1 Å². The summed E-state index contributed by atoms with van der Waals surface area (Å²) in [5, 5.41) is 7.19. The third-order valence-electron chi connectivity index (χ3n) is 4.54. The van der Waals surface area contributed by atoms with Gasteiger partial charge in [-0.25, -0.2) is 0 Å². The molecule has 6 heteroatoms. The number of nitrogens with one attached hydrogen (secondary N) is 1. The minimum atomic E-state index is 0.0571. The van der Waals surface area contributed by atoms with Crippen LogP contribution >= 0.6 is 12.2 Å². The fraction of sp³-hybridized carbons (Fsp3) is 0.227. The van der Waals surface area contributed by atoms with E-state index in [1.54, 1.807) is 11.0 Å². The molecule has 3 rings (SSSR count). The van der Waals surface area contributed by atoms with Gasteiger partial charge in [-0.1, -0.05) is 66.2 Å². The Morgan fingerprint density at radius 2 is 1.93 bits per heavy atom. The van der Waals surface area contributed by atoms with E-state index in [2.05, 4.69) is 16.8 Å². The third-order valence-corrected chi connectivity index (χ3v) is 4.85. The molecule has 0 saturated heterocycles. The summed E-state index contributed by atoms with van der Waals surface area (Å²) in [4.78, 5) is 14.6. The number of hydrogen-bond donors (Lipinski definition) is 1. The van der Waals surface area contributed by atoms with E-state index in [0.717, 1.165) is 17.0 Å². The van der Waals surface area contributed by atoms with E-state index in [1.165, 1.54) is 5.56 Å². The van der Waals surface area contributed by atoms with Gasteiger partial charge in [0, 0.05) is 31.6 Å². The molecule has 5 nitrogen and oxygen atoms in total. The zero-order valence-electron chi connectivity index (χ0n) is 16.0. The van der Waals surface area contributed by atoms with Gasteiger partial charge in [0.05, 0.1) is 0 Å². The highest BCUT2D eigenvalue weighted by Crippen LogP contribution is 2.18. The monoisotopic (exact) mass is 392 g/mol. The molecule has 0 radical (unpaired) electrons. The molecular weight excluding hydrogens is 368 g/mol. The van der Waals surface area contributed by atoms with Crippen LogP contribution in [0.3, 0.4) is 0 Å². The summed E-state index contributed by atoms with van der Waals surface area (Å²) in [6.07, 6.45) is 2.09. The smallest absolute Gasteiger partial charge is 0.224 e. The molecule has 1 N–H and O–H groups in total. The van der Waals surface area contributed by atoms with Gasteiger partial charge in [-0.2, -0.15) is 5.10 Å². The van der Waals surface area contributed by atoms with E-state index >= 15 is 0 Å². The number of H-pyrrole nitrogens is 1. The first-order valence-electron chi connectivity index (χ1n) is 9.23. The number of carbonyl (C=O) groups excluding carboxylic acids is 1. The van der Waals surface area contributed by atoms with Crippen LogP contribution in [0.15, 0.2) is 67.3 Å². The van der Waals surface area contributed by atoms with Crippen LogP contribution in [0.1, 0.15) is 17.5 Å². The number of aryl methyl sites for hydroxylation is 1. The Morgan fingerprint density at radius 1 is 1.21 bits per heavy atom. The molecule has 0 saturated carbocycles. The molecular formula is C22H24N4OS. The fourth-order valence-corrected chi connectivity index (χ4v) is 3.25. The number of rotatable bonds is 8. The highest BCUT2D eigenvalue weighted by molar-refractivity contribution is 7.71. The van der Waals surface area contributed by atoms with Crippen molar-refractivity contribution in [2.24, 2.45) is 0 Å². The van der Waals surface area contributed by atoms with Crippen LogP contribution < -0.4 is 0 Å². The molecule has 144 valence electrons. The first kappa shape index (κ1) is 19.8. The van der Waals surface area contributed by atoms with E-state index in [0.29, 0.717) is 30.8 Å². The number of carbonyl (C=O) groups is 1. The predicted octanol–water partition coefficient (Wildman–Crippen LogP) is 4.52. The van der Waals surface area contributed by atoms with Gasteiger partial charge in [-0.05, 0) is 24.7 Å². The molecule has 0 spiro atoms. The van der Waals surface area contributed by atoms with Crippen molar-refractivity contribution in [1.82, 2.24) is 19.7 Å².